The number of hydrogen-bond donors (Lipinski definition) is 1. The fourth-order valence-electron chi connectivity index (χ4n) is 6.04. The first-order valence-electron chi connectivity index (χ1n) is 11.5. The number of rotatable bonds is 3. The van der Waals surface area contributed by atoms with Gasteiger partial charge in [0.15, 0.2) is 5.76 Å². The maximum atomic E-state index is 13.1. The van der Waals surface area contributed by atoms with Crippen LogP contribution in [0.5, 0.6) is 0 Å². The molecular formula is C24H23F3N4O3S. The minimum absolute atomic E-state index is 0.0598. The van der Waals surface area contributed by atoms with Gasteiger partial charge in [0.2, 0.25) is 0 Å². The monoisotopic (exact) mass is 504 g/mol. The molecular weight excluding hydrogens is 481 g/mol. The van der Waals surface area contributed by atoms with Gasteiger partial charge in [0, 0.05) is 24.4 Å². The molecule has 1 aliphatic heterocycles. The van der Waals surface area contributed by atoms with Crippen LogP contribution in [0.15, 0.2) is 53.2 Å². The number of nitrogens with one attached hydrogen (secondary N) is 1. The zero-order valence-electron chi connectivity index (χ0n) is 18.6. The molecule has 184 valence electrons. The van der Waals surface area contributed by atoms with Crippen LogP contribution in [0.2, 0.25) is 0 Å². The largest absolute Gasteiger partial charge is 0.402 e. The predicted molar refractivity (Wildman–Crippen MR) is 121 cm³/mol. The lowest BCUT2D eigenvalue weighted by Crippen LogP contribution is -2.52. The van der Waals surface area contributed by atoms with Crippen LogP contribution in [0.4, 0.5) is 13.2 Å². The van der Waals surface area contributed by atoms with Crippen LogP contribution in [0, 0.1) is 11.8 Å². The summed E-state index contributed by atoms with van der Waals surface area (Å²) in [5, 5.41) is 4.20. The molecule has 2 aliphatic carbocycles. The number of benzene rings is 1. The first-order valence-corrected chi connectivity index (χ1v) is 12.9. The van der Waals surface area contributed by atoms with Gasteiger partial charge in [0.25, 0.3) is 10.2 Å². The molecule has 35 heavy (non-hydrogen) atoms. The van der Waals surface area contributed by atoms with Crippen molar-refractivity contribution in [3.8, 4) is 22.7 Å². The van der Waals surface area contributed by atoms with Gasteiger partial charge in [-0.15, -0.1) is 0 Å². The first-order chi connectivity index (χ1) is 16.6. The van der Waals surface area contributed by atoms with Crippen molar-refractivity contribution in [1.29, 1.82) is 0 Å². The molecule has 2 fully saturated rings. The Kier molecular flexibility index (Phi) is 5.10. The minimum Gasteiger partial charge on any atom is -0.354 e. The Bertz CT molecular complexity index is 1380. The van der Waals surface area contributed by atoms with Crippen molar-refractivity contribution in [2.24, 2.45) is 11.8 Å². The highest BCUT2D eigenvalue weighted by Gasteiger charge is 2.60. The number of aromatic nitrogens is 2. The van der Waals surface area contributed by atoms with Gasteiger partial charge in [-0.3, -0.25) is 4.98 Å². The maximum Gasteiger partial charge on any atom is 0.402 e. The van der Waals surface area contributed by atoms with Crippen LogP contribution in [0.1, 0.15) is 24.0 Å². The summed E-state index contributed by atoms with van der Waals surface area (Å²) >= 11 is 0. The van der Waals surface area contributed by atoms with E-state index in [2.05, 4.69) is 14.9 Å². The van der Waals surface area contributed by atoms with Crippen molar-refractivity contribution in [3.05, 3.63) is 59.8 Å². The Morgan fingerprint density at radius 1 is 1.06 bits per heavy atom. The van der Waals surface area contributed by atoms with Crippen molar-refractivity contribution in [3.63, 3.8) is 0 Å². The molecule has 7 nitrogen and oxygen atoms in total. The van der Waals surface area contributed by atoms with Gasteiger partial charge < -0.3 is 4.52 Å². The lowest BCUT2D eigenvalue weighted by Gasteiger charge is -2.33. The number of fused-ring (bicyclic) bond motifs is 1. The van der Waals surface area contributed by atoms with Crippen LogP contribution >= 0.6 is 0 Å². The number of hydrogen-bond acceptors (Lipinski definition) is 5. The third-order valence-electron chi connectivity index (χ3n) is 7.64. The Morgan fingerprint density at radius 2 is 1.83 bits per heavy atom. The molecule has 3 aliphatic rings. The predicted octanol–water partition coefficient (Wildman–Crippen LogP) is 3.98. The quantitative estimate of drug-likeness (QED) is 0.583. The van der Waals surface area contributed by atoms with E-state index < -0.39 is 28.5 Å². The lowest BCUT2D eigenvalue weighted by atomic mass is 9.79. The number of pyridine rings is 1. The van der Waals surface area contributed by atoms with Crippen molar-refractivity contribution < 1.29 is 26.1 Å². The van der Waals surface area contributed by atoms with E-state index in [0.717, 1.165) is 29.5 Å². The molecule has 1 N–H and O–H groups in total. The summed E-state index contributed by atoms with van der Waals surface area (Å²) in [7, 11) is -4.20. The number of alkyl halides is 3. The highest BCUT2D eigenvalue weighted by atomic mass is 32.2. The molecule has 6 rings (SSSR count). The van der Waals surface area contributed by atoms with E-state index in [4.69, 9.17) is 4.52 Å². The van der Waals surface area contributed by atoms with Gasteiger partial charge >= 0.3 is 6.18 Å². The molecule has 1 spiro atoms. The summed E-state index contributed by atoms with van der Waals surface area (Å²) in [6, 6.07) is 13.4. The molecule has 3 atom stereocenters. The topological polar surface area (TPSA) is 88.3 Å². The molecule has 2 aromatic heterocycles. The average molecular weight is 505 g/mol. The van der Waals surface area contributed by atoms with E-state index in [1.807, 2.05) is 42.5 Å². The zero-order valence-corrected chi connectivity index (χ0v) is 19.4. The smallest absolute Gasteiger partial charge is 0.354 e. The SMILES string of the molecule is O=S1(=O)N[C@]2(CN1CC(F)(F)F)[C@@H]1CC[C@H]2Cc2cc(-c3cc(-c4ccccn4)on3)ccc2C1. The highest BCUT2D eigenvalue weighted by molar-refractivity contribution is 7.87. The third-order valence-corrected chi connectivity index (χ3v) is 9.21. The van der Waals surface area contributed by atoms with Gasteiger partial charge in [0.1, 0.15) is 17.9 Å². The Hall–Kier alpha value is -2.76. The minimum atomic E-state index is -4.59. The second kappa shape index (κ2) is 7.87. The maximum absolute atomic E-state index is 13.1. The van der Waals surface area contributed by atoms with Crippen LogP contribution in [0.3, 0.4) is 0 Å². The molecule has 2 bridgehead atoms. The third kappa shape index (κ3) is 3.95. The van der Waals surface area contributed by atoms with Gasteiger partial charge in [-0.05, 0) is 66.8 Å². The van der Waals surface area contributed by atoms with E-state index in [1.165, 1.54) is 0 Å². The zero-order chi connectivity index (χ0) is 24.4. The van der Waals surface area contributed by atoms with Gasteiger partial charge in [-0.2, -0.15) is 30.6 Å². The summed E-state index contributed by atoms with van der Waals surface area (Å²) in [5.74, 6) is 0.410. The Balaban J connectivity index is 1.30. The Morgan fingerprint density at radius 3 is 2.54 bits per heavy atom. The van der Waals surface area contributed by atoms with E-state index in [1.54, 1.807) is 6.20 Å². The highest BCUT2D eigenvalue weighted by Crippen LogP contribution is 2.50. The van der Waals surface area contributed by atoms with Crippen LogP contribution in [0.25, 0.3) is 22.7 Å². The van der Waals surface area contributed by atoms with Crippen molar-refractivity contribution in [1.82, 2.24) is 19.2 Å². The van der Waals surface area contributed by atoms with Crippen molar-refractivity contribution in [2.45, 2.75) is 37.4 Å². The van der Waals surface area contributed by atoms with E-state index in [0.29, 0.717) is 34.3 Å². The molecule has 0 unspecified atom stereocenters. The Labute approximate surface area is 200 Å². The summed E-state index contributed by atoms with van der Waals surface area (Å²) in [6.45, 7) is -1.62. The van der Waals surface area contributed by atoms with Gasteiger partial charge in [-0.1, -0.05) is 23.4 Å². The van der Waals surface area contributed by atoms with Gasteiger partial charge in [-0.25, -0.2) is 0 Å². The molecule has 11 heteroatoms. The molecule has 3 heterocycles. The van der Waals surface area contributed by atoms with Crippen molar-refractivity contribution in [2.75, 3.05) is 13.1 Å². The first kappa shape index (κ1) is 22.7. The van der Waals surface area contributed by atoms with Crippen LogP contribution < -0.4 is 4.72 Å². The van der Waals surface area contributed by atoms with E-state index in [-0.39, 0.29) is 18.4 Å². The van der Waals surface area contributed by atoms with Crippen LogP contribution in [-0.4, -0.2) is 47.7 Å². The van der Waals surface area contributed by atoms with E-state index >= 15 is 0 Å². The van der Waals surface area contributed by atoms with E-state index in [9.17, 15) is 21.6 Å². The summed E-state index contributed by atoms with van der Waals surface area (Å²) in [6.07, 6.45) is -0.152. The second-order valence-corrected chi connectivity index (χ2v) is 11.4. The normalized spacial score (nSPS) is 27.7. The second-order valence-electron chi connectivity index (χ2n) is 9.69. The average Bonchev–Trinajstić information content (AvgIpc) is 3.43. The number of nitrogens with zero attached hydrogens (tertiary/aromatic N) is 3. The van der Waals surface area contributed by atoms with Crippen molar-refractivity contribution >= 4 is 10.2 Å². The molecule has 1 saturated carbocycles. The number of halogens is 3. The summed E-state index contributed by atoms with van der Waals surface area (Å²) < 4.78 is 73.3. The summed E-state index contributed by atoms with van der Waals surface area (Å²) in [5.41, 5.74) is 3.50. The van der Waals surface area contributed by atoms with Crippen LogP contribution in [-0.2, 0) is 23.1 Å². The molecule has 0 amide bonds. The lowest BCUT2D eigenvalue weighted by molar-refractivity contribution is -0.136. The molecule has 3 aromatic rings. The standard InChI is InChI=1S/C24H23F3N4O3S/c25-24(26,27)14-31-13-23(30-35(31,32)33)18-6-7-19(23)11-17-9-16(5-4-15(17)10-18)21-12-22(34-29-21)20-3-1-2-8-28-20/h1-5,8-9,12,18-19,30H,6-7,10-11,13-14H2/t18-,19+,23-/m1/s1. The molecule has 1 aromatic carbocycles. The van der Waals surface area contributed by atoms with Gasteiger partial charge in [0.05, 0.1) is 5.54 Å². The fraction of sp³-hybridized carbons (Fsp3) is 0.417. The molecule has 1 saturated heterocycles. The molecule has 0 radical (unpaired) electrons. The fourth-order valence-corrected chi connectivity index (χ4v) is 7.75. The summed E-state index contributed by atoms with van der Waals surface area (Å²) in [4.78, 5) is 4.28.